The van der Waals surface area contributed by atoms with Gasteiger partial charge >= 0.3 is 5.97 Å². The number of nitrogens with zero attached hydrogens (tertiary/aromatic N) is 2. The molecule has 1 unspecified atom stereocenters. The minimum atomic E-state index is -1.11. The van der Waals surface area contributed by atoms with Gasteiger partial charge in [0.2, 0.25) is 0 Å². The zero-order valence-electron chi connectivity index (χ0n) is 12.2. The molecule has 2 aromatic rings. The SMILES string of the molecule is Cn1cc(CC(N)C(=O)O)c2c([N+](=O)[O-])ccc(C3CC3)c21. The number of non-ortho nitro benzene ring substituents is 1. The molecule has 3 N–H and O–H groups in total. The Morgan fingerprint density at radius 2 is 2.23 bits per heavy atom. The van der Waals surface area contributed by atoms with Gasteiger partial charge in [-0.15, -0.1) is 0 Å². The monoisotopic (exact) mass is 303 g/mol. The fourth-order valence-corrected chi connectivity index (χ4v) is 3.01. The van der Waals surface area contributed by atoms with Gasteiger partial charge in [-0.05, 0) is 36.0 Å². The molecule has 0 amide bonds. The number of rotatable bonds is 5. The van der Waals surface area contributed by atoms with E-state index in [1.165, 1.54) is 6.07 Å². The van der Waals surface area contributed by atoms with Gasteiger partial charge in [0.15, 0.2) is 0 Å². The van der Waals surface area contributed by atoms with Crippen LogP contribution in [0.2, 0.25) is 0 Å². The summed E-state index contributed by atoms with van der Waals surface area (Å²) in [5, 5.41) is 20.9. The van der Waals surface area contributed by atoms with Gasteiger partial charge in [-0.2, -0.15) is 0 Å². The topological polar surface area (TPSA) is 111 Å². The summed E-state index contributed by atoms with van der Waals surface area (Å²) in [4.78, 5) is 21.9. The molecule has 1 heterocycles. The number of carboxylic acids is 1. The normalized spacial score (nSPS) is 15.9. The summed E-state index contributed by atoms with van der Waals surface area (Å²) in [5.41, 5.74) is 8.15. The van der Waals surface area contributed by atoms with Crippen LogP contribution < -0.4 is 5.73 Å². The van der Waals surface area contributed by atoms with Gasteiger partial charge < -0.3 is 15.4 Å². The number of nitrogens with two attached hydrogens (primary N) is 1. The maximum absolute atomic E-state index is 11.3. The van der Waals surface area contributed by atoms with Crippen LogP contribution in [0.1, 0.15) is 29.9 Å². The van der Waals surface area contributed by atoms with Crippen LogP contribution in [0.15, 0.2) is 18.3 Å². The fraction of sp³-hybridized carbons (Fsp3) is 0.400. The lowest BCUT2D eigenvalue weighted by atomic mass is 10.0. The predicted octanol–water partition coefficient (Wildman–Crippen LogP) is 1.92. The Kier molecular flexibility index (Phi) is 3.37. The number of fused-ring (bicyclic) bond motifs is 1. The molecular formula is C15H17N3O4. The van der Waals surface area contributed by atoms with Crippen LogP contribution in [0.5, 0.6) is 0 Å². The number of benzene rings is 1. The van der Waals surface area contributed by atoms with Crippen molar-refractivity contribution in [1.29, 1.82) is 0 Å². The van der Waals surface area contributed by atoms with Crippen molar-refractivity contribution in [1.82, 2.24) is 4.57 Å². The summed E-state index contributed by atoms with van der Waals surface area (Å²) < 4.78 is 1.85. The van der Waals surface area contributed by atoms with Gasteiger partial charge in [0.25, 0.3) is 5.69 Å². The zero-order valence-corrected chi connectivity index (χ0v) is 12.2. The number of nitro benzene ring substituents is 1. The summed E-state index contributed by atoms with van der Waals surface area (Å²) in [5.74, 6) is -0.670. The van der Waals surface area contributed by atoms with Crippen molar-refractivity contribution in [2.75, 3.05) is 0 Å². The second-order valence-corrected chi connectivity index (χ2v) is 5.84. The Bertz CT molecular complexity index is 777. The molecule has 116 valence electrons. The molecular weight excluding hydrogens is 286 g/mol. The first-order valence-corrected chi connectivity index (χ1v) is 7.13. The molecule has 22 heavy (non-hydrogen) atoms. The van der Waals surface area contributed by atoms with E-state index in [2.05, 4.69) is 0 Å². The molecule has 1 atom stereocenters. The molecule has 1 saturated carbocycles. The molecule has 1 aliphatic carbocycles. The first kappa shape index (κ1) is 14.5. The minimum Gasteiger partial charge on any atom is -0.480 e. The van der Waals surface area contributed by atoms with Crippen LogP contribution in [-0.2, 0) is 18.3 Å². The summed E-state index contributed by atoms with van der Waals surface area (Å²) in [6.45, 7) is 0. The molecule has 1 aromatic heterocycles. The molecule has 0 radical (unpaired) electrons. The number of carbonyl (C=O) groups is 1. The van der Waals surface area contributed by atoms with E-state index in [1.54, 1.807) is 6.20 Å². The lowest BCUT2D eigenvalue weighted by Gasteiger charge is -2.07. The number of aliphatic carboxylic acids is 1. The molecule has 0 spiro atoms. The van der Waals surface area contributed by atoms with Crippen LogP contribution in [0.4, 0.5) is 5.69 Å². The van der Waals surface area contributed by atoms with Gasteiger partial charge in [-0.25, -0.2) is 0 Å². The Morgan fingerprint density at radius 3 is 2.77 bits per heavy atom. The third-order valence-electron chi connectivity index (χ3n) is 4.18. The number of nitro groups is 1. The first-order valence-electron chi connectivity index (χ1n) is 7.13. The maximum atomic E-state index is 11.3. The summed E-state index contributed by atoms with van der Waals surface area (Å²) in [6.07, 6.45) is 4.00. The highest BCUT2D eigenvalue weighted by atomic mass is 16.6. The average Bonchev–Trinajstić information content (AvgIpc) is 3.24. The van der Waals surface area contributed by atoms with Crippen molar-refractivity contribution >= 4 is 22.6 Å². The standard InChI is InChI=1S/C15H17N3O4/c1-17-7-9(6-11(16)15(19)20)13-12(18(21)22)5-4-10(14(13)17)8-2-3-8/h4-5,7-8,11H,2-3,6,16H2,1H3,(H,19,20). The molecule has 7 heteroatoms. The molecule has 3 rings (SSSR count). The second kappa shape index (κ2) is 5.10. The minimum absolute atomic E-state index is 0.00703. The van der Waals surface area contributed by atoms with E-state index >= 15 is 0 Å². The van der Waals surface area contributed by atoms with Gasteiger partial charge in [0.1, 0.15) is 6.04 Å². The third kappa shape index (κ3) is 2.33. The van der Waals surface area contributed by atoms with Crippen LogP contribution in [-0.4, -0.2) is 26.6 Å². The van der Waals surface area contributed by atoms with E-state index in [-0.39, 0.29) is 12.1 Å². The van der Waals surface area contributed by atoms with Crippen molar-refractivity contribution in [3.8, 4) is 0 Å². The predicted molar refractivity (Wildman–Crippen MR) is 80.9 cm³/mol. The summed E-state index contributed by atoms with van der Waals surface area (Å²) >= 11 is 0. The summed E-state index contributed by atoms with van der Waals surface area (Å²) in [7, 11) is 1.83. The maximum Gasteiger partial charge on any atom is 0.320 e. The highest BCUT2D eigenvalue weighted by Crippen LogP contribution is 2.45. The van der Waals surface area contributed by atoms with E-state index in [1.807, 2.05) is 17.7 Å². The Hall–Kier alpha value is -2.41. The first-order chi connectivity index (χ1) is 10.4. The van der Waals surface area contributed by atoms with Gasteiger partial charge in [-0.1, -0.05) is 0 Å². The van der Waals surface area contributed by atoms with Gasteiger partial charge in [-0.3, -0.25) is 14.9 Å². The zero-order chi connectivity index (χ0) is 16.0. The highest BCUT2D eigenvalue weighted by Gasteiger charge is 2.30. The summed E-state index contributed by atoms with van der Waals surface area (Å²) in [6, 6.07) is 2.26. The van der Waals surface area contributed by atoms with E-state index in [9.17, 15) is 14.9 Å². The lowest BCUT2D eigenvalue weighted by molar-refractivity contribution is -0.383. The van der Waals surface area contributed by atoms with Crippen molar-refractivity contribution < 1.29 is 14.8 Å². The molecule has 1 aromatic carbocycles. The number of hydrogen-bond donors (Lipinski definition) is 2. The van der Waals surface area contributed by atoms with E-state index in [0.29, 0.717) is 16.9 Å². The molecule has 1 fully saturated rings. The second-order valence-electron chi connectivity index (χ2n) is 5.84. The number of aryl methyl sites for hydroxylation is 1. The molecule has 7 nitrogen and oxygen atoms in total. The van der Waals surface area contributed by atoms with Crippen molar-refractivity contribution in [2.24, 2.45) is 12.8 Å². The van der Waals surface area contributed by atoms with Crippen LogP contribution in [0, 0.1) is 10.1 Å². The smallest absolute Gasteiger partial charge is 0.320 e. The Labute approximate surface area is 126 Å². The third-order valence-corrected chi connectivity index (χ3v) is 4.18. The Morgan fingerprint density at radius 1 is 1.55 bits per heavy atom. The van der Waals surface area contributed by atoms with Crippen molar-refractivity contribution in [3.63, 3.8) is 0 Å². The van der Waals surface area contributed by atoms with Crippen LogP contribution >= 0.6 is 0 Å². The molecule has 0 aliphatic heterocycles. The van der Waals surface area contributed by atoms with Gasteiger partial charge in [0.05, 0.1) is 15.8 Å². The molecule has 0 saturated heterocycles. The number of hydrogen-bond acceptors (Lipinski definition) is 4. The van der Waals surface area contributed by atoms with Crippen molar-refractivity contribution in [2.45, 2.75) is 31.2 Å². The molecule has 0 bridgehead atoms. The Balaban J connectivity index is 2.22. The largest absolute Gasteiger partial charge is 0.480 e. The highest BCUT2D eigenvalue weighted by molar-refractivity contribution is 5.95. The van der Waals surface area contributed by atoms with Gasteiger partial charge in [0, 0.05) is 25.7 Å². The van der Waals surface area contributed by atoms with E-state index < -0.39 is 16.9 Å². The lowest BCUT2D eigenvalue weighted by Crippen LogP contribution is -2.32. The van der Waals surface area contributed by atoms with Crippen molar-refractivity contribution in [3.05, 3.63) is 39.6 Å². The van der Waals surface area contributed by atoms with E-state index in [4.69, 9.17) is 10.8 Å². The number of aromatic nitrogens is 1. The average molecular weight is 303 g/mol. The fourth-order valence-electron chi connectivity index (χ4n) is 3.01. The number of carboxylic acid groups (broad SMARTS) is 1. The van der Waals surface area contributed by atoms with Crippen LogP contribution in [0.3, 0.4) is 0 Å². The van der Waals surface area contributed by atoms with E-state index in [0.717, 1.165) is 23.9 Å². The quantitative estimate of drug-likeness (QED) is 0.647. The molecule has 1 aliphatic rings. The van der Waals surface area contributed by atoms with Crippen LogP contribution in [0.25, 0.3) is 10.9 Å².